The second-order valence-electron chi connectivity index (χ2n) is 21.1. The van der Waals surface area contributed by atoms with Gasteiger partial charge in [-0.1, -0.05) is 196 Å². The smallest absolute Gasteiger partial charge is 0.334 e. The van der Waals surface area contributed by atoms with Crippen LogP contribution in [0.2, 0.25) is 30.7 Å². The summed E-state index contributed by atoms with van der Waals surface area (Å²) < 4.78 is 26.2. The monoisotopic (exact) mass is 929 g/mol. The van der Waals surface area contributed by atoms with E-state index >= 15 is 0 Å². The predicted octanol–water partition coefficient (Wildman–Crippen LogP) is 12.0. The molecule has 0 aliphatic carbocycles. The van der Waals surface area contributed by atoms with E-state index in [1.54, 1.807) is 0 Å². The molecule has 0 unspecified atom stereocenters. The number of unbranched alkanes of at least 4 members (excludes halogenated alkanes) is 11. The third kappa shape index (κ3) is 19.0. The van der Waals surface area contributed by atoms with E-state index in [2.05, 4.69) is 132 Å². The Morgan fingerprint density at radius 2 is 1.40 bits per heavy atom. The van der Waals surface area contributed by atoms with E-state index in [0.717, 1.165) is 50.1 Å². The van der Waals surface area contributed by atoms with Crippen molar-refractivity contribution >= 4 is 32.7 Å². The Bertz CT molecular complexity index is 1720. The van der Waals surface area contributed by atoms with Crippen molar-refractivity contribution in [2.24, 2.45) is 0 Å². The summed E-state index contributed by atoms with van der Waals surface area (Å²) in [5.41, 5.74) is 0.719. The van der Waals surface area contributed by atoms with Gasteiger partial charge in [-0.05, 0) is 85.8 Å². The fourth-order valence-corrected chi connectivity index (χ4v) is 14.8. The molecule has 0 saturated carbocycles. The molecule has 0 radical (unpaired) electrons. The van der Waals surface area contributed by atoms with Crippen LogP contribution in [-0.4, -0.2) is 81.9 Å². The molecular formula is C56H88O7Si2. The van der Waals surface area contributed by atoms with Crippen LogP contribution in [0, 0.1) is 11.8 Å². The van der Waals surface area contributed by atoms with Gasteiger partial charge in [-0.15, -0.1) is 0 Å². The van der Waals surface area contributed by atoms with Gasteiger partial charge >= 0.3 is 5.97 Å². The topological polar surface area (TPSA) is 94.5 Å². The largest absolute Gasteiger partial charge is 0.455 e. The second kappa shape index (κ2) is 28.5. The molecule has 7 nitrogen and oxygen atoms in total. The molecule has 65 heavy (non-hydrogen) atoms. The van der Waals surface area contributed by atoms with Crippen LogP contribution in [0.5, 0.6) is 0 Å². The van der Waals surface area contributed by atoms with Gasteiger partial charge in [0.2, 0.25) is 0 Å². The number of cyclic esters (lactones) is 1. The molecule has 0 aromatic heterocycles. The molecule has 0 spiro atoms. The quantitative estimate of drug-likeness (QED) is 0.0276. The van der Waals surface area contributed by atoms with E-state index in [4.69, 9.17) is 18.6 Å². The number of aliphatic hydroxyl groups is 2. The lowest BCUT2D eigenvalue weighted by atomic mass is 9.96. The number of rotatable bonds is 29. The molecule has 2 aromatic rings. The van der Waals surface area contributed by atoms with Crippen LogP contribution < -0.4 is 10.4 Å². The van der Waals surface area contributed by atoms with Crippen molar-refractivity contribution < 1.29 is 33.6 Å². The number of esters is 1. The molecule has 2 aliphatic rings. The molecule has 362 valence electrons. The van der Waals surface area contributed by atoms with E-state index in [9.17, 15) is 15.0 Å². The van der Waals surface area contributed by atoms with Crippen molar-refractivity contribution in [2.75, 3.05) is 6.61 Å². The van der Waals surface area contributed by atoms with Gasteiger partial charge in [0.05, 0.1) is 24.4 Å². The Labute approximate surface area is 397 Å². The standard InChI is InChI=1S/C56H88O7Si2/c1-9-10-11-12-13-14-15-16-17-18-19-29-36-53-54(63-65(56(3,4)5,49-32-25-21-26-33-49)50-34-27-22-28-35-50)40-39-52(62-53)51(58)38-37-47(57)30-23-20-24-31-48(60-41-42-64(6,7)8)44-46-43-45(2)61-55(46)59/h19,21-22,25-29,32-35,43,45,47-48,51-54,57-58H,9-18,20,23-24,30-31,36,39-42,44H2,1-8H3/b29-19-/t45-,47+,48+,51+,52+,53+,54+/m0/s1. The molecule has 2 aliphatic heterocycles. The van der Waals surface area contributed by atoms with Crippen LogP contribution in [0.1, 0.15) is 157 Å². The minimum absolute atomic E-state index is 0.0289. The maximum absolute atomic E-state index is 12.3. The van der Waals surface area contributed by atoms with Crippen molar-refractivity contribution in [2.45, 2.75) is 230 Å². The molecule has 2 N–H and O–H groups in total. The van der Waals surface area contributed by atoms with E-state index in [0.29, 0.717) is 32.3 Å². The lowest BCUT2D eigenvalue weighted by Crippen LogP contribution is -2.69. The highest BCUT2D eigenvalue weighted by Crippen LogP contribution is 2.40. The first-order chi connectivity index (χ1) is 31.1. The summed E-state index contributed by atoms with van der Waals surface area (Å²) in [5.74, 6) is 5.71. The Morgan fingerprint density at radius 1 is 0.800 bits per heavy atom. The molecule has 9 heteroatoms. The lowest BCUT2D eigenvalue weighted by Gasteiger charge is -2.48. The van der Waals surface area contributed by atoms with Crippen molar-refractivity contribution in [3.05, 3.63) is 84.5 Å². The number of allylic oxidation sites excluding steroid dienone is 1. The molecule has 0 bridgehead atoms. The lowest BCUT2D eigenvalue weighted by molar-refractivity contribution is -0.139. The minimum Gasteiger partial charge on any atom is -0.455 e. The highest BCUT2D eigenvalue weighted by atomic mass is 28.4. The van der Waals surface area contributed by atoms with Crippen molar-refractivity contribution in [1.29, 1.82) is 0 Å². The third-order valence-electron chi connectivity index (χ3n) is 13.2. The van der Waals surface area contributed by atoms with Crippen LogP contribution in [0.25, 0.3) is 0 Å². The molecule has 2 aromatic carbocycles. The Balaban J connectivity index is 1.37. The molecular weight excluding hydrogens is 841 g/mol. The average molecular weight is 929 g/mol. The zero-order chi connectivity index (χ0) is 47.1. The molecule has 1 saturated heterocycles. The van der Waals surface area contributed by atoms with Crippen LogP contribution in [0.3, 0.4) is 0 Å². The van der Waals surface area contributed by atoms with Crippen molar-refractivity contribution in [1.82, 2.24) is 0 Å². The van der Waals surface area contributed by atoms with E-state index in [1.165, 1.54) is 68.2 Å². The number of ether oxygens (including phenoxy) is 3. The summed E-state index contributed by atoms with van der Waals surface area (Å²) in [6.45, 7) is 18.8. The summed E-state index contributed by atoms with van der Waals surface area (Å²) in [6, 6.07) is 22.7. The molecule has 0 amide bonds. The van der Waals surface area contributed by atoms with Crippen molar-refractivity contribution in [3.63, 3.8) is 0 Å². The zero-order valence-electron chi connectivity index (χ0n) is 41.8. The third-order valence-corrected chi connectivity index (χ3v) is 19.9. The average Bonchev–Trinajstić information content (AvgIpc) is 3.59. The first-order valence-electron chi connectivity index (χ1n) is 25.6. The predicted molar refractivity (Wildman–Crippen MR) is 275 cm³/mol. The maximum atomic E-state index is 12.3. The Hall–Kier alpha value is -2.82. The van der Waals surface area contributed by atoms with Gasteiger partial charge in [-0.2, -0.15) is 0 Å². The molecule has 4 rings (SSSR count). The highest BCUT2D eigenvalue weighted by molar-refractivity contribution is 6.99. The number of carbonyl (C=O) groups excluding carboxylic acids is 1. The van der Waals surface area contributed by atoms with Gasteiger partial charge in [0.1, 0.15) is 18.3 Å². The Morgan fingerprint density at radius 3 is 1.98 bits per heavy atom. The number of hydrogen-bond donors (Lipinski definition) is 2. The summed E-state index contributed by atoms with van der Waals surface area (Å²) in [7, 11) is -4.09. The van der Waals surface area contributed by atoms with E-state index in [-0.39, 0.29) is 35.4 Å². The second-order valence-corrected chi connectivity index (χ2v) is 31.0. The summed E-state index contributed by atoms with van der Waals surface area (Å²) in [6.07, 6.45) is 23.1. The minimum atomic E-state index is -2.85. The van der Waals surface area contributed by atoms with Gasteiger partial charge < -0.3 is 28.8 Å². The summed E-state index contributed by atoms with van der Waals surface area (Å²) in [5, 5.41) is 24.7. The van der Waals surface area contributed by atoms with E-state index < -0.39 is 34.7 Å². The van der Waals surface area contributed by atoms with Gasteiger partial charge in [-0.25, -0.2) is 4.79 Å². The normalized spacial score (nSPS) is 20.8. The maximum Gasteiger partial charge on any atom is 0.334 e. The molecule has 2 heterocycles. The molecule has 1 fully saturated rings. The first-order valence-corrected chi connectivity index (χ1v) is 31.2. The van der Waals surface area contributed by atoms with Crippen LogP contribution >= 0.6 is 0 Å². The first kappa shape index (κ1) is 54.8. The van der Waals surface area contributed by atoms with Crippen LogP contribution in [0.15, 0.2) is 84.5 Å². The van der Waals surface area contributed by atoms with E-state index in [1.807, 2.05) is 13.0 Å². The highest BCUT2D eigenvalue weighted by Gasteiger charge is 2.53. The molecule has 7 atom stereocenters. The summed E-state index contributed by atoms with van der Waals surface area (Å²) in [4.78, 5) is 12.3. The fraction of sp³-hybridized carbons (Fsp3) is 0.661. The van der Waals surface area contributed by atoms with Gasteiger partial charge in [-0.3, -0.25) is 0 Å². The SMILES string of the molecule is CCCCCCCCCCC/C=C\C[C@H]1O[C@@H]([C@H](O)C#C[C@H](O)CCCCC[C@H](CC2=C[C@H](C)OC2=O)OCC[Si](C)(C)C)CC[C@H]1O[Si](c1ccccc1)(c1ccccc1)C(C)(C)C. The number of carbonyl (C=O) groups is 1. The van der Waals surface area contributed by atoms with Gasteiger partial charge in [0, 0.05) is 26.7 Å². The van der Waals surface area contributed by atoms with Crippen LogP contribution in [-0.2, 0) is 23.4 Å². The number of hydrogen-bond acceptors (Lipinski definition) is 7. The number of aliphatic hydroxyl groups excluding tert-OH is 2. The number of benzene rings is 2. The fourth-order valence-electron chi connectivity index (χ4n) is 9.34. The zero-order valence-corrected chi connectivity index (χ0v) is 43.8. The van der Waals surface area contributed by atoms with Gasteiger partial charge in [0.15, 0.2) is 0 Å². The summed E-state index contributed by atoms with van der Waals surface area (Å²) >= 11 is 0. The Kier molecular flexibility index (Phi) is 24.0. The van der Waals surface area contributed by atoms with Crippen LogP contribution in [0.4, 0.5) is 0 Å². The van der Waals surface area contributed by atoms with Crippen molar-refractivity contribution in [3.8, 4) is 11.8 Å². The van der Waals surface area contributed by atoms with Gasteiger partial charge in [0.25, 0.3) is 8.32 Å².